The van der Waals surface area contributed by atoms with E-state index in [9.17, 15) is 18.0 Å². The van der Waals surface area contributed by atoms with Crippen molar-refractivity contribution in [3.8, 4) is 0 Å². The summed E-state index contributed by atoms with van der Waals surface area (Å²) >= 11 is 5.84. The van der Waals surface area contributed by atoms with Gasteiger partial charge in [-0.25, -0.2) is 0 Å². The van der Waals surface area contributed by atoms with Gasteiger partial charge in [-0.1, -0.05) is 35.9 Å². The van der Waals surface area contributed by atoms with E-state index < -0.39 is 11.7 Å². The number of amides is 1. The van der Waals surface area contributed by atoms with Crippen molar-refractivity contribution in [1.29, 1.82) is 0 Å². The van der Waals surface area contributed by atoms with Crippen LogP contribution in [0, 0.1) is 0 Å². The molecule has 0 spiro atoms. The Hall–Kier alpha value is -2.01. The molecule has 0 saturated carbocycles. The second-order valence-electron chi connectivity index (χ2n) is 4.78. The van der Waals surface area contributed by atoms with Gasteiger partial charge in [-0.2, -0.15) is 13.2 Å². The van der Waals surface area contributed by atoms with E-state index in [2.05, 4.69) is 5.32 Å². The SMILES string of the molecule is O=C(Cc1ccc(C(F)(F)F)cc1)NCc1cccc(Cl)c1. The molecule has 0 saturated heterocycles. The molecule has 1 N–H and O–H groups in total. The number of carbonyl (C=O) groups excluding carboxylic acids is 1. The second kappa shape index (κ2) is 6.83. The van der Waals surface area contributed by atoms with Crippen molar-refractivity contribution in [2.75, 3.05) is 0 Å². The Morgan fingerprint density at radius 2 is 1.73 bits per heavy atom. The van der Waals surface area contributed by atoms with Gasteiger partial charge in [-0.3, -0.25) is 4.79 Å². The minimum absolute atomic E-state index is 0.0265. The van der Waals surface area contributed by atoms with Crippen LogP contribution < -0.4 is 5.32 Å². The molecule has 2 nitrogen and oxygen atoms in total. The first-order chi connectivity index (χ1) is 10.3. The number of hydrogen-bond donors (Lipinski definition) is 1. The van der Waals surface area contributed by atoms with E-state index in [4.69, 9.17) is 11.6 Å². The smallest absolute Gasteiger partial charge is 0.352 e. The first-order valence-corrected chi connectivity index (χ1v) is 6.89. The Kier molecular flexibility index (Phi) is 5.08. The molecule has 0 bridgehead atoms. The van der Waals surface area contributed by atoms with E-state index in [0.29, 0.717) is 17.1 Å². The molecular formula is C16H13ClF3NO. The van der Waals surface area contributed by atoms with Crippen LogP contribution in [0.25, 0.3) is 0 Å². The Bertz CT molecular complexity index is 653. The molecule has 6 heteroatoms. The van der Waals surface area contributed by atoms with Crippen LogP contribution in [0.5, 0.6) is 0 Å². The summed E-state index contributed by atoms with van der Waals surface area (Å²) in [6.45, 7) is 0.319. The predicted octanol–water partition coefficient (Wildman–Crippen LogP) is 4.22. The standard InChI is InChI=1S/C16H13ClF3NO/c17-14-3-1-2-12(8-14)10-21-15(22)9-11-4-6-13(7-5-11)16(18,19)20/h1-8H,9-10H2,(H,21,22). The minimum Gasteiger partial charge on any atom is -0.352 e. The highest BCUT2D eigenvalue weighted by atomic mass is 35.5. The maximum absolute atomic E-state index is 12.4. The quantitative estimate of drug-likeness (QED) is 0.895. The molecule has 2 rings (SSSR count). The number of carbonyl (C=O) groups is 1. The van der Waals surface area contributed by atoms with Crippen LogP contribution in [-0.2, 0) is 23.9 Å². The van der Waals surface area contributed by atoms with Gasteiger partial charge in [0.2, 0.25) is 5.91 Å². The molecule has 22 heavy (non-hydrogen) atoms. The topological polar surface area (TPSA) is 29.1 Å². The molecule has 2 aromatic rings. The summed E-state index contributed by atoms with van der Waals surface area (Å²) in [5.74, 6) is -0.264. The number of nitrogens with one attached hydrogen (secondary N) is 1. The fourth-order valence-corrected chi connectivity index (χ4v) is 2.12. The summed E-state index contributed by atoms with van der Waals surface area (Å²) in [5.41, 5.74) is 0.653. The molecule has 0 atom stereocenters. The van der Waals surface area contributed by atoms with Crippen molar-refractivity contribution in [3.05, 3.63) is 70.2 Å². The van der Waals surface area contributed by atoms with Gasteiger partial charge in [-0.15, -0.1) is 0 Å². The zero-order valence-corrected chi connectivity index (χ0v) is 12.2. The Labute approximate surface area is 130 Å². The Morgan fingerprint density at radius 3 is 2.32 bits per heavy atom. The van der Waals surface area contributed by atoms with Crippen LogP contribution >= 0.6 is 11.6 Å². The molecule has 0 aliphatic carbocycles. The van der Waals surface area contributed by atoms with Gasteiger partial charge in [0.1, 0.15) is 0 Å². The average molecular weight is 328 g/mol. The lowest BCUT2D eigenvalue weighted by Crippen LogP contribution is -2.24. The minimum atomic E-state index is -4.37. The van der Waals surface area contributed by atoms with Gasteiger partial charge in [0.15, 0.2) is 0 Å². The zero-order valence-electron chi connectivity index (χ0n) is 11.5. The third-order valence-electron chi connectivity index (χ3n) is 3.02. The number of hydrogen-bond acceptors (Lipinski definition) is 1. The molecule has 0 aliphatic heterocycles. The highest BCUT2D eigenvalue weighted by Crippen LogP contribution is 2.29. The number of benzene rings is 2. The van der Waals surface area contributed by atoms with Crippen molar-refractivity contribution in [3.63, 3.8) is 0 Å². The summed E-state index contributed by atoms with van der Waals surface area (Å²) < 4.78 is 37.3. The van der Waals surface area contributed by atoms with Crippen LogP contribution in [0.3, 0.4) is 0 Å². The molecule has 0 heterocycles. The lowest BCUT2D eigenvalue weighted by molar-refractivity contribution is -0.137. The van der Waals surface area contributed by atoms with Crippen LogP contribution in [-0.4, -0.2) is 5.91 Å². The van der Waals surface area contributed by atoms with Gasteiger partial charge in [0, 0.05) is 11.6 Å². The van der Waals surface area contributed by atoms with Crippen LogP contribution in [0.4, 0.5) is 13.2 Å². The van der Waals surface area contributed by atoms with Crippen molar-refractivity contribution in [1.82, 2.24) is 5.32 Å². The van der Waals surface area contributed by atoms with Gasteiger partial charge in [-0.05, 0) is 35.4 Å². The fourth-order valence-electron chi connectivity index (χ4n) is 1.91. The van der Waals surface area contributed by atoms with Gasteiger partial charge in [0.05, 0.1) is 12.0 Å². The summed E-state index contributed by atoms with van der Waals surface area (Å²) in [6, 6.07) is 11.6. The van der Waals surface area contributed by atoms with Crippen molar-refractivity contribution >= 4 is 17.5 Å². The van der Waals surface area contributed by atoms with E-state index in [0.717, 1.165) is 17.7 Å². The van der Waals surface area contributed by atoms with Crippen molar-refractivity contribution < 1.29 is 18.0 Å². The first-order valence-electron chi connectivity index (χ1n) is 6.52. The monoisotopic (exact) mass is 327 g/mol. The van der Waals surface area contributed by atoms with E-state index in [1.165, 1.54) is 12.1 Å². The molecule has 1 amide bonds. The normalized spacial score (nSPS) is 11.3. The lowest BCUT2D eigenvalue weighted by Gasteiger charge is -2.08. The van der Waals surface area contributed by atoms with Crippen molar-refractivity contribution in [2.24, 2.45) is 0 Å². The van der Waals surface area contributed by atoms with Gasteiger partial charge < -0.3 is 5.32 Å². The summed E-state index contributed by atoms with van der Waals surface area (Å²) in [6.07, 6.45) is -4.34. The summed E-state index contributed by atoms with van der Waals surface area (Å²) in [4.78, 5) is 11.8. The number of halogens is 4. The Morgan fingerprint density at radius 1 is 1.05 bits per heavy atom. The highest BCUT2D eigenvalue weighted by molar-refractivity contribution is 6.30. The van der Waals surface area contributed by atoms with Crippen LogP contribution in [0.1, 0.15) is 16.7 Å². The van der Waals surface area contributed by atoms with Gasteiger partial charge >= 0.3 is 6.18 Å². The van der Waals surface area contributed by atoms with E-state index in [1.54, 1.807) is 18.2 Å². The molecular weight excluding hydrogens is 315 g/mol. The third kappa shape index (κ3) is 4.77. The van der Waals surface area contributed by atoms with E-state index in [1.807, 2.05) is 6.07 Å². The molecule has 116 valence electrons. The third-order valence-corrected chi connectivity index (χ3v) is 3.26. The molecule has 0 unspecified atom stereocenters. The number of alkyl halides is 3. The average Bonchev–Trinajstić information content (AvgIpc) is 2.45. The maximum atomic E-state index is 12.4. The largest absolute Gasteiger partial charge is 0.416 e. The van der Waals surface area contributed by atoms with Crippen molar-refractivity contribution in [2.45, 2.75) is 19.1 Å². The molecule has 0 fully saturated rings. The molecule has 2 aromatic carbocycles. The molecule has 0 aliphatic rings. The summed E-state index contributed by atoms with van der Waals surface area (Å²) in [7, 11) is 0. The van der Waals surface area contributed by atoms with Crippen LogP contribution in [0.2, 0.25) is 5.02 Å². The zero-order chi connectivity index (χ0) is 16.2. The maximum Gasteiger partial charge on any atom is 0.416 e. The fraction of sp³-hybridized carbons (Fsp3) is 0.188. The predicted molar refractivity (Wildman–Crippen MR) is 78.4 cm³/mol. The van der Waals surface area contributed by atoms with E-state index >= 15 is 0 Å². The van der Waals surface area contributed by atoms with E-state index in [-0.39, 0.29) is 12.3 Å². The molecule has 0 aromatic heterocycles. The summed E-state index contributed by atoms with van der Waals surface area (Å²) in [5, 5.41) is 3.28. The second-order valence-corrected chi connectivity index (χ2v) is 5.21. The highest BCUT2D eigenvalue weighted by Gasteiger charge is 2.29. The molecule has 0 radical (unpaired) electrons. The van der Waals surface area contributed by atoms with Crippen LogP contribution in [0.15, 0.2) is 48.5 Å². The first kappa shape index (κ1) is 16.4. The Balaban J connectivity index is 1.89. The lowest BCUT2D eigenvalue weighted by atomic mass is 10.1. The van der Waals surface area contributed by atoms with Gasteiger partial charge in [0.25, 0.3) is 0 Å². The number of rotatable bonds is 4.